The van der Waals surface area contributed by atoms with Gasteiger partial charge in [0.15, 0.2) is 0 Å². The summed E-state index contributed by atoms with van der Waals surface area (Å²) in [6, 6.07) is 0. The van der Waals surface area contributed by atoms with Crippen molar-refractivity contribution in [1.29, 1.82) is 0 Å². The van der Waals surface area contributed by atoms with Crippen LogP contribution in [0.2, 0.25) is 0 Å². The number of nitrogens with zero attached hydrogens (tertiary/aromatic N) is 2. The Bertz CT molecular complexity index is 155. The maximum absolute atomic E-state index is 5.53. The minimum atomic E-state index is 0.589. The number of aliphatic imine (C=N–C) groups is 1. The Morgan fingerprint density at radius 3 is 2.75 bits per heavy atom. The fourth-order valence-corrected chi connectivity index (χ4v) is 0.970. The molecular weight excluding hydrogens is 147 g/mol. The molecule has 0 aliphatic rings. The predicted octanol–water partition coefficient (Wildman–Crippen LogP) is 1.98. The van der Waals surface area contributed by atoms with Crippen molar-refractivity contribution < 1.29 is 0 Å². The van der Waals surface area contributed by atoms with E-state index in [1.54, 1.807) is 13.4 Å². The summed E-state index contributed by atoms with van der Waals surface area (Å²) >= 11 is 0. The molecule has 2 radical (unpaired) electrons. The third-order valence-electron chi connectivity index (χ3n) is 1.58. The molecule has 0 aromatic rings. The van der Waals surface area contributed by atoms with Gasteiger partial charge in [0.2, 0.25) is 7.98 Å². The minimum absolute atomic E-state index is 0.589. The first-order valence-corrected chi connectivity index (χ1v) is 4.34. The van der Waals surface area contributed by atoms with Crippen LogP contribution in [0.25, 0.3) is 0 Å². The summed E-state index contributed by atoms with van der Waals surface area (Å²) in [5, 5.41) is 0. The van der Waals surface area contributed by atoms with Crippen molar-refractivity contribution in [3.8, 4) is 0 Å². The first kappa shape index (κ1) is 11.3. The summed E-state index contributed by atoms with van der Waals surface area (Å²) in [7, 11) is 7.22. The van der Waals surface area contributed by atoms with Crippen molar-refractivity contribution in [2.75, 3.05) is 7.05 Å². The van der Waals surface area contributed by atoms with Crippen molar-refractivity contribution in [3.63, 3.8) is 0 Å². The van der Waals surface area contributed by atoms with Gasteiger partial charge in [0.05, 0.1) is 6.34 Å². The van der Waals surface area contributed by atoms with Crippen LogP contribution in [0.4, 0.5) is 0 Å². The van der Waals surface area contributed by atoms with Crippen LogP contribution in [0.15, 0.2) is 17.3 Å². The van der Waals surface area contributed by atoms with Crippen LogP contribution in [0.1, 0.15) is 26.7 Å². The first-order valence-electron chi connectivity index (χ1n) is 4.34. The van der Waals surface area contributed by atoms with Gasteiger partial charge in [-0.25, -0.2) is 0 Å². The molecule has 66 valence electrons. The van der Waals surface area contributed by atoms with Crippen molar-refractivity contribution in [2.24, 2.45) is 10.9 Å². The second kappa shape index (κ2) is 6.95. The molecule has 0 saturated carbocycles. The van der Waals surface area contributed by atoms with E-state index in [0.717, 1.165) is 0 Å². The van der Waals surface area contributed by atoms with Gasteiger partial charge in [-0.1, -0.05) is 26.3 Å². The molecule has 0 rings (SSSR count). The summed E-state index contributed by atoms with van der Waals surface area (Å²) in [6.45, 7) is 4.36. The molecule has 2 nitrogen and oxygen atoms in total. The molecule has 0 amide bonds. The average molecular weight is 164 g/mol. The molecule has 0 spiro atoms. The summed E-state index contributed by atoms with van der Waals surface area (Å²) < 4.78 is 0. The lowest BCUT2D eigenvalue weighted by atomic mass is 10.1. The summed E-state index contributed by atoms with van der Waals surface area (Å²) in [5.74, 6) is 0.589. The summed E-state index contributed by atoms with van der Waals surface area (Å²) in [5.41, 5.74) is 0. The van der Waals surface area contributed by atoms with Crippen molar-refractivity contribution in [2.45, 2.75) is 26.7 Å². The lowest BCUT2D eigenvalue weighted by Crippen LogP contribution is -2.09. The number of allylic oxidation sites excluding steroid dienone is 1. The van der Waals surface area contributed by atoms with Crippen molar-refractivity contribution in [1.82, 2.24) is 4.81 Å². The van der Waals surface area contributed by atoms with E-state index in [1.165, 1.54) is 17.7 Å². The van der Waals surface area contributed by atoms with Crippen LogP contribution in [0, 0.1) is 5.92 Å². The standard InChI is InChI=1S/C9H17BN2/c1-4-5-9(2)6-7-12(10)8-11-3/h6-9H,4-5H2,1-3H3/b7-6+,11-8?/t9-/m1/s1. The molecule has 12 heavy (non-hydrogen) atoms. The van der Waals surface area contributed by atoms with Gasteiger partial charge in [0, 0.05) is 7.05 Å². The van der Waals surface area contributed by atoms with Gasteiger partial charge in [-0.15, -0.1) is 0 Å². The molecule has 0 aliphatic heterocycles. The van der Waals surface area contributed by atoms with Crippen molar-refractivity contribution in [3.05, 3.63) is 12.3 Å². The van der Waals surface area contributed by atoms with Gasteiger partial charge in [-0.2, -0.15) is 0 Å². The third kappa shape index (κ3) is 6.02. The van der Waals surface area contributed by atoms with Gasteiger partial charge in [0.25, 0.3) is 0 Å². The van der Waals surface area contributed by atoms with Crippen LogP contribution in [0.5, 0.6) is 0 Å². The number of rotatable bonds is 5. The normalized spacial score (nSPS) is 14.2. The Labute approximate surface area is 76.8 Å². The Balaban J connectivity index is 3.72. The lowest BCUT2D eigenvalue weighted by Gasteiger charge is -2.08. The monoisotopic (exact) mass is 164 g/mol. The zero-order chi connectivity index (χ0) is 9.40. The second-order valence-electron chi connectivity index (χ2n) is 2.93. The summed E-state index contributed by atoms with van der Waals surface area (Å²) in [4.78, 5) is 5.25. The molecule has 0 N–H and O–H groups in total. The fourth-order valence-electron chi connectivity index (χ4n) is 0.970. The van der Waals surface area contributed by atoms with Crippen LogP contribution in [-0.2, 0) is 0 Å². The van der Waals surface area contributed by atoms with E-state index in [9.17, 15) is 0 Å². The molecule has 0 saturated heterocycles. The van der Waals surface area contributed by atoms with Gasteiger partial charge in [0.1, 0.15) is 0 Å². The third-order valence-corrected chi connectivity index (χ3v) is 1.58. The highest BCUT2D eigenvalue weighted by atomic mass is 15.0. The maximum atomic E-state index is 5.53. The van der Waals surface area contributed by atoms with E-state index in [0.29, 0.717) is 5.92 Å². The average Bonchev–Trinajstić information content (AvgIpc) is 2.02. The van der Waals surface area contributed by atoms with Gasteiger partial charge in [-0.3, -0.25) is 4.99 Å². The molecule has 3 heteroatoms. The molecule has 1 atom stereocenters. The fraction of sp³-hybridized carbons (Fsp3) is 0.667. The molecule has 0 aromatic carbocycles. The Hall–Kier alpha value is -0.725. The Morgan fingerprint density at radius 1 is 1.58 bits per heavy atom. The zero-order valence-electron chi connectivity index (χ0n) is 8.20. The highest BCUT2D eigenvalue weighted by molar-refractivity contribution is 6.11. The molecule has 0 fully saturated rings. The van der Waals surface area contributed by atoms with Gasteiger partial charge in [-0.05, 0) is 18.5 Å². The first-order chi connectivity index (χ1) is 5.70. The second-order valence-corrected chi connectivity index (χ2v) is 2.93. The quantitative estimate of drug-likeness (QED) is 0.344. The lowest BCUT2D eigenvalue weighted by molar-refractivity contribution is 0.628. The number of hydrogen-bond acceptors (Lipinski definition) is 1. The minimum Gasteiger partial charge on any atom is -0.395 e. The van der Waals surface area contributed by atoms with E-state index in [1.807, 2.05) is 6.20 Å². The largest absolute Gasteiger partial charge is 0.395 e. The predicted molar refractivity (Wildman–Crippen MR) is 55.2 cm³/mol. The van der Waals surface area contributed by atoms with Gasteiger partial charge >= 0.3 is 0 Å². The molecule has 0 aliphatic carbocycles. The Kier molecular flexibility index (Phi) is 6.53. The van der Waals surface area contributed by atoms with Crippen LogP contribution >= 0.6 is 0 Å². The van der Waals surface area contributed by atoms with E-state index in [-0.39, 0.29) is 0 Å². The van der Waals surface area contributed by atoms with Crippen molar-refractivity contribution >= 4 is 14.3 Å². The highest BCUT2D eigenvalue weighted by Gasteiger charge is 1.93. The Morgan fingerprint density at radius 2 is 2.25 bits per heavy atom. The van der Waals surface area contributed by atoms with E-state index in [4.69, 9.17) is 7.98 Å². The highest BCUT2D eigenvalue weighted by Crippen LogP contribution is 2.05. The van der Waals surface area contributed by atoms with E-state index < -0.39 is 0 Å². The van der Waals surface area contributed by atoms with Crippen LogP contribution in [0.3, 0.4) is 0 Å². The van der Waals surface area contributed by atoms with E-state index in [2.05, 4.69) is 24.9 Å². The SMILES string of the molecule is [B]N(C=NC)/C=C/[C@H](C)CCC. The zero-order valence-corrected chi connectivity index (χ0v) is 8.20. The smallest absolute Gasteiger partial charge is 0.235 e. The molecular formula is C9H17BN2. The summed E-state index contributed by atoms with van der Waals surface area (Å²) in [6.07, 6.45) is 7.92. The topological polar surface area (TPSA) is 15.6 Å². The maximum Gasteiger partial charge on any atom is 0.235 e. The molecule has 0 heterocycles. The number of hydrogen-bond donors (Lipinski definition) is 0. The molecule has 0 aromatic heterocycles. The molecule has 0 unspecified atom stereocenters. The van der Waals surface area contributed by atoms with Crippen LogP contribution < -0.4 is 0 Å². The van der Waals surface area contributed by atoms with E-state index >= 15 is 0 Å². The van der Waals surface area contributed by atoms with Crippen LogP contribution in [-0.4, -0.2) is 26.2 Å². The molecule has 0 bridgehead atoms. The van der Waals surface area contributed by atoms with Gasteiger partial charge < -0.3 is 4.81 Å².